The normalized spacial score (nSPS) is 15.2. The molecule has 0 saturated carbocycles. The summed E-state index contributed by atoms with van der Waals surface area (Å²) >= 11 is 0. The second-order valence-electron chi connectivity index (χ2n) is 7.14. The van der Waals surface area contributed by atoms with Gasteiger partial charge >= 0.3 is 5.97 Å². The van der Waals surface area contributed by atoms with E-state index < -0.39 is 5.41 Å². The lowest BCUT2D eigenvalue weighted by atomic mass is 9.97. The average molecular weight is 340 g/mol. The van der Waals surface area contributed by atoms with Crippen molar-refractivity contribution in [2.75, 3.05) is 0 Å². The molecule has 5 heteroatoms. The SMILES string of the molecule is Cc1ccc(/C=C2\Oc3cc(OC(=O)C(C)(C)C)cc(C)c3C2=O)o1. The van der Waals surface area contributed by atoms with Gasteiger partial charge in [-0.2, -0.15) is 0 Å². The first-order valence-corrected chi connectivity index (χ1v) is 8.03. The van der Waals surface area contributed by atoms with E-state index >= 15 is 0 Å². The monoisotopic (exact) mass is 340 g/mol. The lowest BCUT2D eigenvalue weighted by Gasteiger charge is -2.16. The minimum Gasteiger partial charge on any atom is -0.462 e. The first kappa shape index (κ1) is 17.0. The van der Waals surface area contributed by atoms with Crippen LogP contribution < -0.4 is 9.47 Å². The second-order valence-corrected chi connectivity index (χ2v) is 7.14. The van der Waals surface area contributed by atoms with Crippen molar-refractivity contribution in [3.63, 3.8) is 0 Å². The maximum Gasteiger partial charge on any atom is 0.316 e. The number of Topliss-reactive ketones (excluding diaryl/α,β-unsaturated/α-hetero) is 1. The minimum absolute atomic E-state index is 0.187. The van der Waals surface area contributed by atoms with Crippen LogP contribution in [0.2, 0.25) is 0 Å². The summed E-state index contributed by atoms with van der Waals surface area (Å²) < 4.78 is 16.5. The summed E-state index contributed by atoms with van der Waals surface area (Å²) in [6.45, 7) is 8.95. The summed E-state index contributed by atoms with van der Waals surface area (Å²) in [4.78, 5) is 24.6. The Balaban J connectivity index is 1.91. The summed E-state index contributed by atoms with van der Waals surface area (Å²) in [5.74, 6) is 1.67. The number of allylic oxidation sites excluding steroid dienone is 1. The summed E-state index contributed by atoms with van der Waals surface area (Å²) in [5.41, 5.74) is 0.551. The van der Waals surface area contributed by atoms with Crippen LogP contribution in [-0.2, 0) is 4.79 Å². The van der Waals surface area contributed by atoms with Gasteiger partial charge in [0.15, 0.2) is 5.76 Å². The van der Waals surface area contributed by atoms with E-state index in [0.717, 1.165) is 5.76 Å². The third kappa shape index (κ3) is 3.36. The number of aryl methyl sites for hydroxylation is 2. The van der Waals surface area contributed by atoms with Crippen LogP contribution >= 0.6 is 0 Å². The molecular formula is C20H20O5. The smallest absolute Gasteiger partial charge is 0.316 e. The highest BCUT2D eigenvalue weighted by Gasteiger charge is 2.31. The summed E-state index contributed by atoms with van der Waals surface area (Å²) in [6.07, 6.45) is 1.57. The number of ketones is 1. The molecule has 1 aliphatic rings. The molecule has 1 aliphatic heterocycles. The fourth-order valence-corrected chi connectivity index (χ4v) is 2.46. The van der Waals surface area contributed by atoms with Gasteiger partial charge in [0.05, 0.1) is 11.0 Å². The fourth-order valence-electron chi connectivity index (χ4n) is 2.46. The standard InChI is InChI=1S/C20H20O5/c1-11-8-14(24-19(22)20(3,4)5)10-15-17(11)18(21)16(25-15)9-13-7-6-12(2)23-13/h6-10H,1-5H3/b16-9-. The number of furan rings is 1. The highest BCUT2D eigenvalue weighted by atomic mass is 16.5. The average Bonchev–Trinajstić information content (AvgIpc) is 3.03. The molecule has 0 saturated heterocycles. The number of benzene rings is 1. The van der Waals surface area contributed by atoms with Gasteiger partial charge in [0.25, 0.3) is 0 Å². The lowest BCUT2D eigenvalue weighted by molar-refractivity contribution is -0.143. The summed E-state index contributed by atoms with van der Waals surface area (Å²) in [6, 6.07) is 6.82. The van der Waals surface area contributed by atoms with Crippen LogP contribution in [0.25, 0.3) is 6.08 Å². The summed E-state index contributed by atoms with van der Waals surface area (Å²) in [5, 5.41) is 0. The second kappa shape index (κ2) is 5.92. The third-order valence-corrected chi connectivity index (χ3v) is 3.80. The molecule has 0 spiro atoms. The van der Waals surface area contributed by atoms with Crippen LogP contribution in [0.4, 0.5) is 0 Å². The number of hydrogen-bond donors (Lipinski definition) is 0. The van der Waals surface area contributed by atoms with Crippen LogP contribution in [0.15, 0.2) is 34.4 Å². The zero-order chi connectivity index (χ0) is 18.4. The van der Waals surface area contributed by atoms with E-state index in [2.05, 4.69) is 0 Å². The van der Waals surface area contributed by atoms with Crippen LogP contribution in [0.3, 0.4) is 0 Å². The predicted octanol–water partition coefficient (Wildman–Crippen LogP) is 4.46. The molecule has 0 N–H and O–H groups in total. The van der Waals surface area contributed by atoms with Crippen molar-refractivity contribution in [2.45, 2.75) is 34.6 Å². The molecule has 1 aromatic carbocycles. The molecule has 0 bridgehead atoms. The van der Waals surface area contributed by atoms with Gasteiger partial charge in [0.1, 0.15) is 23.0 Å². The van der Waals surface area contributed by atoms with E-state index in [1.807, 2.05) is 13.0 Å². The Morgan fingerprint density at radius 2 is 1.88 bits per heavy atom. The summed E-state index contributed by atoms with van der Waals surface area (Å²) in [7, 11) is 0. The zero-order valence-corrected chi connectivity index (χ0v) is 14.9. The van der Waals surface area contributed by atoms with Crippen LogP contribution in [-0.4, -0.2) is 11.8 Å². The zero-order valence-electron chi connectivity index (χ0n) is 14.9. The molecule has 0 unspecified atom stereocenters. The van der Waals surface area contributed by atoms with Gasteiger partial charge < -0.3 is 13.9 Å². The van der Waals surface area contributed by atoms with E-state index in [9.17, 15) is 9.59 Å². The molecule has 2 heterocycles. The Kier molecular flexibility index (Phi) is 4.03. The third-order valence-electron chi connectivity index (χ3n) is 3.80. The van der Waals surface area contributed by atoms with Crippen molar-refractivity contribution < 1.29 is 23.5 Å². The van der Waals surface area contributed by atoms with Gasteiger partial charge in [-0.3, -0.25) is 9.59 Å². The number of rotatable bonds is 2. The first-order chi connectivity index (χ1) is 11.6. The Morgan fingerprint density at radius 3 is 2.48 bits per heavy atom. The first-order valence-electron chi connectivity index (χ1n) is 8.03. The molecule has 0 aliphatic carbocycles. The van der Waals surface area contributed by atoms with Crippen molar-refractivity contribution in [3.05, 3.63) is 52.7 Å². The number of carbonyl (C=O) groups excluding carboxylic acids is 2. The van der Waals surface area contributed by atoms with Crippen molar-refractivity contribution in [2.24, 2.45) is 5.41 Å². The Morgan fingerprint density at radius 1 is 1.16 bits per heavy atom. The van der Waals surface area contributed by atoms with E-state index in [1.165, 1.54) is 0 Å². The van der Waals surface area contributed by atoms with E-state index in [0.29, 0.717) is 28.4 Å². The molecule has 1 aromatic heterocycles. The molecule has 0 radical (unpaired) electrons. The number of carbonyl (C=O) groups is 2. The number of ether oxygens (including phenoxy) is 2. The highest BCUT2D eigenvalue weighted by Crippen LogP contribution is 2.38. The van der Waals surface area contributed by atoms with Crippen LogP contribution in [0, 0.1) is 19.3 Å². The number of hydrogen-bond acceptors (Lipinski definition) is 5. The van der Waals surface area contributed by atoms with Gasteiger partial charge in [-0.05, 0) is 58.4 Å². The van der Waals surface area contributed by atoms with Gasteiger partial charge in [0, 0.05) is 12.1 Å². The van der Waals surface area contributed by atoms with Gasteiger partial charge in [0.2, 0.25) is 5.78 Å². The molecule has 130 valence electrons. The van der Waals surface area contributed by atoms with Crippen LogP contribution in [0.5, 0.6) is 11.5 Å². The molecule has 0 atom stereocenters. The largest absolute Gasteiger partial charge is 0.462 e. The fraction of sp³-hybridized carbons (Fsp3) is 0.300. The van der Waals surface area contributed by atoms with E-state index in [-0.39, 0.29) is 17.5 Å². The van der Waals surface area contributed by atoms with Crippen LogP contribution in [0.1, 0.15) is 48.2 Å². The molecule has 2 aromatic rings. The Hall–Kier alpha value is -2.82. The number of esters is 1. The quantitative estimate of drug-likeness (QED) is 0.458. The Labute approximate surface area is 146 Å². The van der Waals surface area contributed by atoms with Crippen molar-refractivity contribution in [1.29, 1.82) is 0 Å². The molecule has 0 fully saturated rings. The van der Waals surface area contributed by atoms with E-state index in [4.69, 9.17) is 13.9 Å². The van der Waals surface area contributed by atoms with Crippen molar-refractivity contribution >= 4 is 17.8 Å². The lowest BCUT2D eigenvalue weighted by Crippen LogP contribution is -2.25. The predicted molar refractivity (Wildman–Crippen MR) is 92.6 cm³/mol. The maximum absolute atomic E-state index is 12.6. The highest BCUT2D eigenvalue weighted by molar-refractivity contribution is 6.15. The molecule has 25 heavy (non-hydrogen) atoms. The Bertz CT molecular complexity index is 893. The topological polar surface area (TPSA) is 65.7 Å². The molecule has 0 amide bonds. The van der Waals surface area contributed by atoms with E-state index in [1.54, 1.807) is 52.0 Å². The van der Waals surface area contributed by atoms with Crippen molar-refractivity contribution in [1.82, 2.24) is 0 Å². The van der Waals surface area contributed by atoms with Gasteiger partial charge in [-0.15, -0.1) is 0 Å². The minimum atomic E-state index is -0.619. The van der Waals surface area contributed by atoms with Crippen molar-refractivity contribution in [3.8, 4) is 11.5 Å². The van der Waals surface area contributed by atoms with Gasteiger partial charge in [-0.25, -0.2) is 0 Å². The number of fused-ring (bicyclic) bond motifs is 1. The molecular weight excluding hydrogens is 320 g/mol. The maximum atomic E-state index is 12.6. The molecule has 3 rings (SSSR count). The molecule has 5 nitrogen and oxygen atoms in total. The van der Waals surface area contributed by atoms with Gasteiger partial charge in [-0.1, -0.05) is 0 Å².